The highest BCUT2D eigenvalue weighted by atomic mass is 32.2. The lowest BCUT2D eigenvalue weighted by molar-refractivity contribution is -0.117. The molecule has 0 unspecified atom stereocenters. The number of amides is 1. The maximum Gasteiger partial charge on any atom is 0.245 e. The SMILES string of the molecule is CCCS(=O)(=O)C(C)(C)C(=O)Nc1ccc2ccccc2c1. The predicted molar refractivity (Wildman–Crippen MR) is 90.7 cm³/mol. The van der Waals surface area contributed by atoms with Crippen molar-refractivity contribution in [3.63, 3.8) is 0 Å². The molecular weight excluding hydrogens is 298 g/mol. The fourth-order valence-corrected chi connectivity index (χ4v) is 3.60. The number of benzene rings is 2. The number of hydrogen-bond donors (Lipinski definition) is 1. The molecule has 1 amide bonds. The van der Waals surface area contributed by atoms with Gasteiger partial charge in [-0.3, -0.25) is 4.79 Å². The minimum Gasteiger partial charge on any atom is -0.325 e. The Morgan fingerprint density at radius 2 is 1.73 bits per heavy atom. The molecule has 5 heteroatoms. The van der Waals surface area contributed by atoms with E-state index >= 15 is 0 Å². The lowest BCUT2D eigenvalue weighted by Crippen LogP contribution is -2.45. The number of rotatable bonds is 5. The van der Waals surface area contributed by atoms with Gasteiger partial charge in [-0.25, -0.2) is 8.42 Å². The molecule has 0 saturated heterocycles. The van der Waals surface area contributed by atoms with Crippen LogP contribution in [0.25, 0.3) is 10.8 Å². The van der Waals surface area contributed by atoms with E-state index in [2.05, 4.69) is 5.32 Å². The molecule has 0 bridgehead atoms. The molecule has 0 aliphatic rings. The van der Waals surface area contributed by atoms with E-state index in [-0.39, 0.29) is 5.75 Å². The number of hydrogen-bond acceptors (Lipinski definition) is 3. The van der Waals surface area contributed by atoms with Crippen molar-refractivity contribution in [2.75, 3.05) is 11.1 Å². The van der Waals surface area contributed by atoms with Crippen LogP contribution in [0.4, 0.5) is 5.69 Å². The minimum atomic E-state index is -3.48. The Balaban J connectivity index is 2.26. The lowest BCUT2D eigenvalue weighted by Gasteiger charge is -2.23. The molecule has 0 heterocycles. The number of carbonyl (C=O) groups excluding carboxylic acids is 1. The molecule has 0 saturated carbocycles. The number of carbonyl (C=O) groups is 1. The third kappa shape index (κ3) is 3.14. The monoisotopic (exact) mass is 319 g/mol. The van der Waals surface area contributed by atoms with E-state index in [4.69, 9.17) is 0 Å². The number of nitrogens with one attached hydrogen (secondary N) is 1. The first kappa shape index (κ1) is 16.5. The summed E-state index contributed by atoms with van der Waals surface area (Å²) in [6, 6.07) is 13.3. The molecule has 0 aliphatic carbocycles. The number of anilines is 1. The number of sulfone groups is 1. The highest BCUT2D eigenvalue weighted by Gasteiger charge is 2.40. The van der Waals surface area contributed by atoms with Crippen molar-refractivity contribution < 1.29 is 13.2 Å². The van der Waals surface area contributed by atoms with Gasteiger partial charge in [0.05, 0.1) is 5.75 Å². The topological polar surface area (TPSA) is 63.2 Å². The van der Waals surface area contributed by atoms with Crippen LogP contribution in [0.1, 0.15) is 27.2 Å². The van der Waals surface area contributed by atoms with E-state index in [1.165, 1.54) is 13.8 Å². The van der Waals surface area contributed by atoms with Crippen LogP contribution < -0.4 is 5.32 Å². The Hall–Kier alpha value is -1.88. The molecule has 4 nitrogen and oxygen atoms in total. The highest BCUT2D eigenvalue weighted by Crippen LogP contribution is 2.23. The van der Waals surface area contributed by atoms with Crippen molar-refractivity contribution in [2.24, 2.45) is 0 Å². The van der Waals surface area contributed by atoms with Gasteiger partial charge >= 0.3 is 0 Å². The summed E-state index contributed by atoms with van der Waals surface area (Å²) in [5.41, 5.74) is 0.600. The van der Waals surface area contributed by atoms with Crippen LogP contribution in [0.3, 0.4) is 0 Å². The van der Waals surface area contributed by atoms with Crippen molar-refractivity contribution in [3.05, 3.63) is 42.5 Å². The van der Waals surface area contributed by atoms with Gasteiger partial charge in [-0.1, -0.05) is 37.3 Å². The first-order valence-electron chi connectivity index (χ1n) is 7.30. The fourth-order valence-electron chi connectivity index (χ4n) is 2.21. The average Bonchev–Trinajstić information content (AvgIpc) is 2.46. The summed E-state index contributed by atoms with van der Waals surface area (Å²) in [7, 11) is -3.48. The maximum absolute atomic E-state index is 12.4. The zero-order chi connectivity index (χ0) is 16.4. The summed E-state index contributed by atoms with van der Waals surface area (Å²) in [4.78, 5) is 12.4. The second kappa shape index (κ2) is 6.08. The average molecular weight is 319 g/mol. The third-order valence-electron chi connectivity index (χ3n) is 3.80. The zero-order valence-electron chi connectivity index (χ0n) is 13.1. The van der Waals surface area contributed by atoms with Crippen LogP contribution in [-0.2, 0) is 14.6 Å². The number of fused-ring (bicyclic) bond motifs is 1. The van der Waals surface area contributed by atoms with Gasteiger partial charge in [-0.05, 0) is 43.2 Å². The molecule has 2 rings (SSSR count). The van der Waals surface area contributed by atoms with E-state index in [0.717, 1.165) is 10.8 Å². The standard InChI is InChI=1S/C17H21NO3S/c1-4-11-22(20,21)17(2,3)16(19)18-15-10-9-13-7-5-6-8-14(13)12-15/h5-10,12H,4,11H2,1-3H3,(H,18,19). The first-order valence-corrected chi connectivity index (χ1v) is 8.96. The van der Waals surface area contributed by atoms with Crippen molar-refractivity contribution >= 4 is 32.2 Å². The van der Waals surface area contributed by atoms with Gasteiger partial charge in [-0.15, -0.1) is 0 Å². The maximum atomic E-state index is 12.4. The van der Waals surface area contributed by atoms with Crippen LogP contribution in [0.15, 0.2) is 42.5 Å². The summed E-state index contributed by atoms with van der Waals surface area (Å²) in [5, 5.41) is 4.78. The molecule has 0 atom stereocenters. The quantitative estimate of drug-likeness (QED) is 0.919. The van der Waals surface area contributed by atoms with E-state index in [9.17, 15) is 13.2 Å². The molecular formula is C17H21NO3S. The van der Waals surface area contributed by atoms with Gasteiger partial charge in [0, 0.05) is 5.69 Å². The minimum absolute atomic E-state index is 0.00510. The summed E-state index contributed by atoms with van der Waals surface area (Å²) in [5.74, 6) is -0.498. The molecule has 0 fully saturated rings. The molecule has 0 aromatic heterocycles. The normalized spacial score (nSPS) is 12.3. The van der Waals surface area contributed by atoms with Gasteiger partial charge in [0.15, 0.2) is 9.84 Å². The van der Waals surface area contributed by atoms with Crippen LogP contribution in [0.5, 0.6) is 0 Å². The summed E-state index contributed by atoms with van der Waals surface area (Å²) < 4.78 is 23.0. The molecule has 118 valence electrons. The Morgan fingerprint density at radius 1 is 1.09 bits per heavy atom. The largest absolute Gasteiger partial charge is 0.325 e. The zero-order valence-corrected chi connectivity index (χ0v) is 13.9. The summed E-state index contributed by atoms with van der Waals surface area (Å²) >= 11 is 0. The van der Waals surface area contributed by atoms with E-state index < -0.39 is 20.5 Å². The molecule has 0 radical (unpaired) electrons. The van der Waals surface area contributed by atoms with E-state index in [0.29, 0.717) is 12.1 Å². The van der Waals surface area contributed by atoms with Gasteiger partial charge in [-0.2, -0.15) is 0 Å². The molecule has 0 aliphatic heterocycles. The van der Waals surface area contributed by atoms with Gasteiger partial charge < -0.3 is 5.32 Å². The fraction of sp³-hybridized carbons (Fsp3) is 0.353. The first-order chi connectivity index (χ1) is 10.3. The van der Waals surface area contributed by atoms with Crippen molar-refractivity contribution in [1.29, 1.82) is 0 Å². The lowest BCUT2D eigenvalue weighted by atomic mass is 10.1. The Bertz CT molecular complexity index is 794. The van der Waals surface area contributed by atoms with Crippen molar-refractivity contribution in [1.82, 2.24) is 0 Å². The molecule has 2 aromatic carbocycles. The molecule has 0 spiro atoms. The smallest absolute Gasteiger partial charge is 0.245 e. The Labute approximate surface area is 131 Å². The second-order valence-corrected chi connectivity index (χ2v) is 8.50. The van der Waals surface area contributed by atoms with Crippen LogP contribution >= 0.6 is 0 Å². The third-order valence-corrected chi connectivity index (χ3v) is 6.49. The van der Waals surface area contributed by atoms with Crippen molar-refractivity contribution in [3.8, 4) is 0 Å². The van der Waals surface area contributed by atoms with Crippen LogP contribution in [0, 0.1) is 0 Å². The summed E-state index contributed by atoms with van der Waals surface area (Å²) in [6.45, 7) is 4.69. The molecule has 2 aromatic rings. The molecule has 1 N–H and O–H groups in total. The summed E-state index contributed by atoms with van der Waals surface area (Å²) in [6.07, 6.45) is 0.495. The molecule has 22 heavy (non-hydrogen) atoms. The van der Waals surface area contributed by atoms with E-state index in [1.807, 2.05) is 36.4 Å². The van der Waals surface area contributed by atoms with Gasteiger partial charge in [0.25, 0.3) is 0 Å². The Kier molecular flexibility index (Phi) is 4.56. The van der Waals surface area contributed by atoms with E-state index in [1.54, 1.807) is 13.0 Å². The predicted octanol–water partition coefficient (Wildman–Crippen LogP) is 3.38. The van der Waals surface area contributed by atoms with Crippen LogP contribution in [0.2, 0.25) is 0 Å². The van der Waals surface area contributed by atoms with Crippen LogP contribution in [-0.4, -0.2) is 24.8 Å². The second-order valence-electron chi connectivity index (χ2n) is 5.85. The highest BCUT2D eigenvalue weighted by molar-refractivity contribution is 7.93. The van der Waals surface area contributed by atoms with Gasteiger partial charge in [0.1, 0.15) is 4.75 Å². The Morgan fingerprint density at radius 3 is 2.36 bits per heavy atom. The van der Waals surface area contributed by atoms with Crippen molar-refractivity contribution in [2.45, 2.75) is 31.9 Å². The van der Waals surface area contributed by atoms with Gasteiger partial charge in [0.2, 0.25) is 5.91 Å².